The van der Waals surface area contributed by atoms with E-state index in [1.807, 2.05) is 0 Å². The van der Waals surface area contributed by atoms with Crippen LogP contribution in [0.15, 0.2) is 18.2 Å². The van der Waals surface area contributed by atoms with E-state index in [2.05, 4.69) is 0 Å². The van der Waals surface area contributed by atoms with Crippen LogP contribution in [-0.2, 0) is 4.79 Å². The van der Waals surface area contributed by atoms with Crippen LogP contribution in [0, 0.1) is 11.7 Å². The fourth-order valence-electron chi connectivity index (χ4n) is 2.43. The van der Waals surface area contributed by atoms with Gasteiger partial charge in [-0.05, 0) is 30.5 Å². The van der Waals surface area contributed by atoms with E-state index in [4.69, 9.17) is 16.7 Å². The fourth-order valence-corrected chi connectivity index (χ4v) is 2.59. The van der Waals surface area contributed by atoms with E-state index in [9.17, 15) is 9.18 Å². The molecule has 2 rings (SSSR count). The van der Waals surface area contributed by atoms with Gasteiger partial charge in [-0.3, -0.25) is 4.79 Å². The maximum absolute atomic E-state index is 13.7. The molecule has 1 fully saturated rings. The summed E-state index contributed by atoms with van der Waals surface area (Å²) in [6.07, 6.45) is 2.20. The Hall–Kier alpha value is -1.09. The fraction of sp³-hybridized carbons (Fsp3) is 0.417. The van der Waals surface area contributed by atoms with E-state index in [1.165, 1.54) is 6.07 Å². The van der Waals surface area contributed by atoms with Crippen LogP contribution in [0.1, 0.15) is 30.7 Å². The van der Waals surface area contributed by atoms with Gasteiger partial charge in [0.15, 0.2) is 0 Å². The van der Waals surface area contributed by atoms with Crippen molar-refractivity contribution in [2.24, 2.45) is 5.92 Å². The van der Waals surface area contributed by atoms with Gasteiger partial charge in [0.2, 0.25) is 0 Å². The molecule has 0 amide bonds. The summed E-state index contributed by atoms with van der Waals surface area (Å²) >= 11 is 5.67. The maximum atomic E-state index is 13.7. The highest BCUT2D eigenvalue weighted by Crippen LogP contribution is 2.41. The lowest BCUT2D eigenvalue weighted by molar-refractivity contribution is -0.142. The van der Waals surface area contributed by atoms with E-state index < -0.39 is 17.7 Å². The van der Waals surface area contributed by atoms with Crippen molar-refractivity contribution < 1.29 is 14.3 Å². The highest BCUT2D eigenvalue weighted by Gasteiger charge is 2.35. The standard InChI is InChI=1S/C12H12ClFO2/c13-7-4-5-9(11(14)6-7)8-2-1-3-10(8)12(15)16/h4-6,8,10H,1-3H2,(H,15,16). The molecule has 0 saturated heterocycles. The van der Waals surface area contributed by atoms with Crippen LogP contribution in [-0.4, -0.2) is 11.1 Å². The maximum Gasteiger partial charge on any atom is 0.307 e. The van der Waals surface area contributed by atoms with Crippen molar-refractivity contribution in [3.05, 3.63) is 34.6 Å². The Bertz CT molecular complexity index is 419. The smallest absolute Gasteiger partial charge is 0.307 e. The zero-order valence-electron chi connectivity index (χ0n) is 8.62. The van der Waals surface area contributed by atoms with Gasteiger partial charge in [0.05, 0.1) is 5.92 Å². The van der Waals surface area contributed by atoms with Gasteiger partial charge in [-0.2, -0.15) is 0 Å². The third kappa shape index (κ3) is 2.05. The molecule has 0 aromatic heterocycles. The van der Waals surface area contributed by atoms with Crippen molar-refractivity contribution in [1.82, 2.24) is 0 Å². The largest absolute Gasteiger partial charge is 0.481 e. The number of carbonyl (C=O) groups is 1. The Morgan fingerprint density at radius 2 is 2.19 bits per heavy atom. The van der Waals surface area contributed by atoms with Crippen LogP contribution in [0.4, 0.5) is 4.39 Å². The summed E-state index contributed by atoms with van der Waals surface area (Å²) in [5.41, 5.74) is 0.481. The number of benzene rings is 1. The highest BCUT2D eigenvalue weighted by molar-refractivity contribution is 6.30. The summed E-state index contributed by atoms with van der Waals surface area (Å²) < 4.78 is 13.7. The zero-order chi connectivity index (χ0) is 11.7. The summed E-state index contributed by atoms with van der Waals surface area (Å²) in [5, 5.41) is 9.38. The second-order valence-electron chi connectivity index (χ2n) is 4.15. The summed E-state index contributed by atoms with van der Waals surface area (Å²) in [4.78, 5) is 11.0. The first-order valence-corrected chi connectivity index (χ1v) is 5.65. The van der Waals surface area contributed by atoms with Crippen molar-refractivity contribution >= 4 is 17.6 Å². The molecule has 1 saturated carbocycles. The van der Waals surface area contributed by atoms with Crippen LogP contribution >= 0.6 is 11.6 Å². The normalized spacial score (nSPS) is 24.6. The zero-order valence-corrected chi connectivity index (χ0v) is 9.38. The van der Waals surface area contributed by atoms with E-state index in [0.717, 1.165) is 12.8 Å². The van der Waals surface area contributed by atoms with Crippen LogP contribution in [0.3, 0.4) is 0 Å². The number of carboxylic acid groups (broad SMARTS) is 1. The minimum absolute atomic E-state index is 0.213. The minimum atomic E-state index is -0.836. The van der Waals surface area contributed by atoms with Crippen molar-refractivity contribution in [2.75, 3.05) is 0 Å². The first-order valence-electron chi connectivity index (χ1n) is 5.27. The van der Waals surface area contributed by atoms with E-state index in [-0.39, 0.29) is 5.92 Å². The molecule has 0 spiro atoms. The Balaban J connectivity index is 2.32. The summed E-state index contributed by atoms with van der Waals surface area (Å²) in [6.45, 7) is 0. The summed E-state index contributed by atoms with van der Waals surface area (Å²) in [7, 11) is 0. The summed E-state index contributed by atoms with van der Waals surface area (Å²) in [5.74, 6) is -1.91. The van der Waals surface area contributed by atoms with Gasteiger partial charge in [0.25, 0.3) is 0 Å². The second kappa shape index (κ2) is 4.42. The van der Waals surface area contributed by atoms with Gasteiger partial charge in [-0.1, -0.05) is 24.1 Å². The molecule has 86 valence electrons. The first kappa shape index (κ1) is 11.4. The molecule has 0 radical (unpaired) electrons. The number of hydrogen-bond acceptors (Lipinski definition) is 1. The Labute approximate surface area is 98.0 Å². The topological polar surface area (TPSA) is 37.3 Å². The van der Waals surface area contributed by atoms with E-state index in [1.54, 1.807) is 12.1 Å². The lowest BCUT2D eigenvalue weighted by atomic mass is 9.89. The first-order chi connectivity index (χ1) is 7.59. The number of hydrogen-bond donors (Lipinski definition) is 1. The Morgan fingerprint density at radius 1 is 1.44 bits per heavy atom. The SMILES string of the molecule is O=C(O)C1CCCC1c1ccc(Cl)cc1F. The van der Waals surface area contributed by atoms with Crippen molar-refractivity contribution in [3.8, 4) is 0 Å². The quantitative estimate of drug-likeness (QED) is 0.863. The molecule has 2 unspecified atom stereocenters. The number of aliphatic carboxylic acids is 1. The third-order valence-corrected chi connectivity index (χ3v) is 3.43. The molecule has 16 heavy (non-hydrogen) atoms. The van der Waals surface area contributed by atoms with Crippen LogP contribution in [0.5, 0.6) is 0 Å². The van der Waals surface area contributed by atoms with Gasteiger partial charge in [-0.25, -0.2) is 4.39 Å². The molecule has 0 heterocycles. The van der Waals surface area contributed by atoms with Gasteiger partial charge in [0, 0.05) is 10.9 Å². The van der Waals surface area contributed by atoms with Gasteiger partial charge in [0.1, 0.15) is 5.82 Å². The van der Waals surface area contributed by atoms with Crippen molar-refractivity contribution in [1.29, 1.82) is 0 Å². The average Bonchev–Trinajstić information content (AvgIpc) is 2.66. The van der Waals surface area contributed by atoms with Crippen LogP contribution in [0.25, 0.3) is 0 Å². The van der Waals surface area contributed by atoms with Crippen LogP contribution in [0.2, 0.25) is 5.02 Å². The molecule has 2 nitrogen and oxygen atoms in total. The monoisotopic (exact) mass is 242 g/mol. The Kier molecular flexibility index (Phi) is 3.15. The molecule has 1 aliphatic carbocycles. The lowest BCUT2D eigenvalue weighted by Gasteiger charge is -2.16. The minimum Gasteiger partial charge on any atom is -0.481 e. The van der Waals surface area contributed by atoms with Crippen molar-refractivity contribution in [2.45, 2.75) is 25.2 Å². The predicted molar refractivity (Wildman–Crippen MR) is 59.1 cm³/mol. The number of rotatable bonds is 2. The molecule has 4 heteroatoms. The molecular weight excluding hydrogens is 231 g/mol. The van der Waals surface area contributed by atoms with E-state index in [0.29, 0.717) is 17.0 Å². The molecule has 1 N–H and O–H groups in total. The highest BCUT2D eigenvalue weighted by atomic mass is 35.5. The molecule has 0 bridgehead atoms. The molecule has 0 aliphatic heterocycles. The Morgan fingerprint density at radius 3 is 2.81 bits per heavy atom. The average molecular weight is 243 g/mol. The van der Waals surface area contributed by atoms with Gasteiger partial charge in [-0.15, -0.1) is 0 Å². The number of carboxylic acids is 1. The second-order valence-corrected chi connectivity index (χ2v) is 4.58. The predicted octanol–water partition coefficient (Wildman–Crippen LogP) is 3.45. The molecule has 1 aromatic carbocycles. The summed E-state index contributed by atoms with van der Waals surface area (Å²) in [6, 6.07) is 4.45. The molecule has 2 atom stereocenters. The van der Waals surface area contributed by atoms with Crippen LogP contribution < -0.4 is 0 Å². The van der Waals surface area contributed by atoms with E-state index >= 15 is 0 Å². The lowest BCUT2D eigenvalue weighted by Crippen LogP contribution is -2.17. The van der Waals surface area contributed by atoms with Crippen molar-refractivity contribution in [3.63, 3.8) is 0 Å². The third-order valence-electron chi connectivity index (χ3n) is 3.20. The molecule has 1 aromatic rings. The van der Waals surface area contributed by atoms with Gasteiger partial charge >= 0.3 is 5.97 Å². The number of halogens is 2. The molecular formula is C12H12ClFO2. The van der Waals surface area contributed by atoms with Gasteiger partial charge < -0.3 is 5.11 Å². The molecule has 1 aliphatic rings.